The molecule has 0 aromatic heterocycles. The van der Waals surface area contributed by atoms with Crippen LogP contribution in [0.2, 0.25) is 0 Å². The van der Waals surface area contributed by atoms with E-state index in [0.717, 1.165) is 66.2 Å². The number of benzene rings is 4. The van der Waals surface area contributed by atoms with Crippen molar-refractivity contribution in [2.45, 2.75) is 38.6 Å². The quantitative estimate of drug-likeness (QED) is 0.251. The number of rotatable bonds is 8. The highest BCUT2D eigenvalue weighted by Gasteiger charge is 2.39. The van der Waals surface area contributed by atoms with Crippen LogP contribution in [0.3, 0.4) is 0 Å². The zero-order valence-corrected chi connectivity index (χ0v) is 25.9. The monoisotopic (exact) mass is 618 g/mol. The van der Waals surface area contributed by atoms with Crippen molar-refractivity contribution < 1.29 is 28.9 Å². The summed E-state index contributed by atoms with van der Waals surface area (Å²) in [6.07, 6.45) is -0.832. The molecule has 8 nitrogen and oxygen atoms in total. The number of carbonyl (C=O) groups excluding carboxylic acids is 2. The SMILES string of the molecule is C[C@H]1[C@@H](CN2CCOCC2)O[C@@H](c2cccc(-c3cccc(CN4C(=O)c5ccccc5C4=O)c3)c2)O[C@H]1c1ccc(CO)cc1. The summed E-state index contributed by atoms with van der Waals surface area (Å²) in [5, 5.41) is 9.58. The van der Waals surface area contributed by atoms with E-state index < -0.39 is 6.29 Å². The van der Waals surface area contributed by atoms with Crippen LogP contribution in [0.25, 0.3) is 11.1 Å². The van der Waals surface area contributed by atoms with E-state index >= 15 is 0 Å². The maximum Gasteiger partial charge on any atom is 0.261 e. The number of ether oxygens (including phenoxy) is 3. The highest BCUT2D eigenvalue weighted by atomic mass is 16.7. The Labute approximate surface area is 269 Å². The van der Waals surface area contributed by atoms with Crippen molar-refractivity contribution >= 4 is 11.8 Å². The Morgan fingerprint density at radius 2 is 1.41 bits per heavy atom. The molecule has 236 valence electrons. The van der Waals surface area contributed by atoms with Crippen LogP contribution in [0.4, 0.5) is 0 Å². The lowest BCUT2D eigenvalue weighted by Gasteiger charge is -2.43. The summed E-state index contributed by atoms with van der Waals surface area (Å²) in [5.74, 6) is -0.428. The molecule has 2 saturated heterocycles. The molecule has 3 heterocycles. The summed E-state index contributed by atoms with van der Waals surface area (Å²) in [5.41, 5.74) is 6.57. The lowest BCUT2D eigenvalue weighted by molar-refractivity contribution is -0.277. The molecule has 2 fully saturated rings. The number of amides is 2. The van der Waals surface area contributed by atoms with Crippen LogP contribution in [0.15, 0.2) is 97.1 Å². The Hall–Kier alpha value is -4.18. The molecule has 46 heavy (non-hydrogen) atoms. The smallest absolute Gasteiger partial charge is 0.261 e. The van der Waals surface area contributed by atoms with Gasteiger partial charge < -0.3 is 19.3 Å². The first-order valence-electron chi connectivity index (χ1n) is 15.9. The summed E-state index contributed by atoms with van der Waals surface area (Å²) < 4.78 is 19.0. The number of hydrogen-bond donors (Lipinski definition) is 1. The number of aliphatic hydroxyl groups excluding tert-OH is 1. The summed E-state index contributed by atoms with van der Waals surface area (Å²) in [4.78, 5) is 29.7. The van der Waals surface area contributed by atoms with Crippen LogP contribution in [0, 0.1) is 5.92 Å². The van der Waals surface area contributed by atoms with Gasteiger partial charge in [-0.3, -0.25) is 19.4 Å². The molecule has 4 aromatic carbocycles. The van der Waals surface area contributed by atoms with Gasteiger partial charge in [-0.1, -0.05) is 79.7 Å². The van der Waals surface area contributed by atoms with E-state index in [9.17, 15) is 14.7 Å². The van der Waals surface area contributed by atoms with Crippen LogP contribution >= 0.6 is 0 Å². The normalized spacial score (nSPS) is 23.5. The highest BCUT2D eigenvalue weighted by molar-refractivity contribution is 6.21. The lowest BCUT2D eigenvalue weighted by Crippen LogP contribution is -2.47. The molecule has 3 aliphatic heterocycles. The number of carbonyl (C=O) groups is 2. The van der Waals surface area contributed by atoms with E-state index in [1.165, 1.54) is 4.90 Å². The van der Waals surface area contributed by atoms with Gasteiger partial charge in [0.1, 0.15) is 0 Å². The molecule has 3 aliphatic rings. The predicted molar refractivity (Wildman–Crippen MR) is 173 cm³/mol. The fourth-order valence-electron chi connectivity index (χ4n) is 6.65. The summed E-state index contributed by atoms with van der Waals surface area (Å²) in [6.45, 7) is 6.37. The minimum Gasteiger partial charge on any atom is -0.392 e. The molecule has 0 saturated carbocycles. The molecule has 0 bridgehead atoms. The van der Waals surface area contributed by atoms with Gasteiger partial charge in [0.15, 0.2) is 6.29 Å². The molecule has 8 heteroatoms. The first-order valence-corrected chi connectivity index (χ1v) is 15.9. The first-order chi connectivity index (χ1) is 22.5. The number of aliphatic hydroxyl groups is 1. The van der Waals surface area contributed by atoms with Gasteiger partial charge in [0.05, 0.1) is 49.7 Å². The Morgan fingerprint density at radius 3 is 2.11 bits per heavy atom. The third-order valence-electron chi connectivity index (χ3n) is 9.30. The zero-order chi connectivity index (χ0) is 31.6. The molecule has 0 unspecified atom stereocenters. The van der Waals surface area contributed by atoms with Crippen molar-refractivity contribution in [3.05, 3.63) is 130 Å². The molecular weight excluding hydrogens is 580 g/mol. The van der Waals surface area contributed by atoms with Crippen molar-refractivity contribution in [1.82, 2.24) is 9.80 Å². The Kier molecular flexibility index (Phi) is 8.80. The lowest BCUT2D eigenvalue weighted by atomic mass is 9.89. The number of hydrogen-bond acceptors (Lipinski definition) is 7. The van der Waals surface area contributed by atoms with Crippen LogP contribution < -0.4 is 0 Å². The largest absolute Gasteiger partial charge is 0.392 e. The third kappa shape index (κ3) is 6.15. The minimum atomic E-state index is -0.578. The Balaban J connectivity index is 1.14. The molecule has 2 amide bonds. The fraction of sp³-hybridized carbons (Fsp3) is 0.316. The summed E-state index contributed by atoms with van der Waals surface area (Å²) in [6, 6.07) is 31.1. The van der Waals surface area contributed by atoms with Crippen LogP contribution in [0.1, 0.15) is 62.3 Å². The van der Waals surface area contributed by atoms with Gasteiger partial charge in [-0.25, -0.2) is 0 Å². The van der Waals surface area contributed by atoms with Crippen molar-refractivity contribution in [3.63, 3.8) is 0 Å². The second-order valence-corrected chi connectivity index (χ2v) is 12.3. The van der Waals surface area contributed by atoms with Crippen LogP contribution in [0.5, 0.6) is 0 Å². The molecule has 7 rings (SSSR count). The first kappa shape index (κ1) is 30.5. The minimum absolute atomic E-state index is 0.000953. The van der Waals surface area contributed by atoms with Gasteiger partial charge in [0.25, 0.3) is 11.8 Å². The fourth-order valence-corrected chi connectivity index (χ4v) is 6.65. The van der Waals surface area contributed by atoms with Gasteiger partial charge >= 0.3 is 0 Å². The highest BCUT2D eigenvalue weighted by Crippen LogP contribution is 2.42. The van der Waals surface area contributed by atoms with Crippen molar-refractivity contribution in [2.24, 2.45) is 5.92 Å². The van der Waals surface area contributed by atoms with Crippen molar-refractivity contribution in [3.8, 4) is 11.1 Å². The molecule has 0 aliphatic carbocycles. The van der Waals surface area contributed by atoms with Crippen LogP contribution in [-0.2, 0) is 27.4 Å². The maximum absolute atomic E-state index is 13.0. The summed E-state index contributed by atoms with van der Waals surface area (Å²) >= 11 is 0. The van der Waals surface area contributed by atoms with Gasteiger partial charge in [0.2, 0.25) is 0 Å². The van der Waals surface area contributed by atoms with E-state index in [1.54, 1.807) is 24.3 Å². The van der Waals surface area contributed by atoms with Crippen molar-refractivity contribution in [1.29, 1.82) is 0 Å². The zero-order valence-electron chi connectivity index (χ0n) is 25.9. The molecule has 4 aromatic rings. The number of fused-ring (bicyclic) bond motifs is 1. The molecule has 4 atom stereocenters. The van der Waals surface area contributed by atoms with E-state index in [2.05, 4.69) is 17.9 Å². The Morgan fingerprint density at radius 1 is 0.739 bits per heavy atom. The topological polar surface area (TPSA) is 88.5 Å². The number of imide groups is 1. The van der Waals surface area contributed by atoms with E-state index in [-0.39, 0.29) is 43.1 Å². The molecule has 0 spiro atoms. The van der Waals surface area contributed by atoms with Gasteiger partial charge in [-0.05, 0) is 52.1 Å². The standard InChI is InChI=1S/C38H38N2O6/c1-25-34(23-39-16-18-44-19-17-39)45-38(46-35(25)28-14-12-26(24-41)13-15-28)31-9-5-8-30(21-31)29-7-4-6-27(20-29)22-40-36(42)32-10-2-3-11-33(32)37(40)43/h2-15,20-21,25,34-35,38,41H,16-19,22-24H2,1H3/t25-,34+,35+,38+/m0/s1. The predicted octanol–water partition coefficient (Wildman–Crippen LogP) is 5.77. The maximum atomic E-state index is 13.0. The average Bonchev–Trinajstić information content (AvgIpc) is 3.34. The van der Waals surface area contributed by atoms with Gasteiger partial charge in [-0.2, -0.15) is 0 Å². The molecule has 0 radical (unpaired) electrons. The second-order valence-electron chi connectivity index (χ2n) is 12.3. The second kappa shape index (κ2) is 13.3. The molecular formula is C38H38N2O6. The van der Waals surface area contributed by atoms with E-state index in [0.29, 0.717) is 11.1 Å². The van der Waals surface area contributed by atoms with Gasteiger partial charge in [0, 0.05) is 31.1 Å². The van der Waals surface area contributed by atoms with E-state index in [4.69, 9.17) is 14.2 Å². The Bertz CT molecular complexity index is 1680. The van der Waals surface area contributed by atoms with Crippen LogP contribution in [-0.4, -0.2) is 65.7 Å². The van der Waals surface area contributed by atoms with E-state index in [1.807, 2.05) is 66.7 Å². The molecule has 1 N–H and O–H groups in total. The summed E-state index contributed by atoms with van der Waals surface area (Å²) in [7, 11) is 0. The van der Waals surface area contributed by atoms with Gasteiger partial charge in [-0.15, -0.1) is 0 Å². The average molecular weight is 619 g/mol. The number of nitrogens with zero attached hydrogens (tertiary/aromatic N) is 2. The number of morpholine rings is 1. The van der Waals surface area contributed by atoms with Crippen molar-refractivity contribution in [2.75, 3.05) is 32.8 Å². The third-order valence-corrected chi connectivity index (χ3v) is 9.30.